The Balaban J connectivity index is 1.26. The molecule has 1 fully saturated rings. The maximum atomic E-state index is 14.5. The molecule has 0 aromatic heterocycles. The fraction of sp³-hybridized carbons (Fsp3) is 0.525. The number of nitrogens with one attached hydrogen (secondary N) is 7. The Morgan fingerprint density at radius 2 is 1.24 bits per heavy atom. The fourth-order valence-corrected chi connectivity index (χ4v) is 9.34. The van der Waals surface area contributed by atoms with Gasteiger partial charge in [-0.1, -0.05) is 67.9 Å². The number of rotatable bonds is 36. The van der Waals surface area contributed by atoms with Crippen molar-refractivity contribution < 1.29 is 68.3 Å². The van der Waals surface area contributed by atoms with Gasteiger partial charge in [0.2, 0.25) is 23.6 Å². The Kier molecular flexibility index (Phi) is 32.9. The molecule has 0 aliphatic carbocycles. The van der Waals surface area contributed by atoms with E-state index in [1.165, 1.54) is 12.1 Å². The van der Waals surface area contributed by atoms with Crippen LogP contribution in [0.3, 0.4) is 0 Å². The standard InChI is InChI=1S/C59H88N14O14/c1-2-50(76)63-25-26-66-59(86)69-58(61)65-24-11-17-48(56(84)67-37-42-18-20-45(75)21-19-42)68-57(85)54(43-12-4-3-5-13-43)44-14-10-15-46(36-44)87-35-9-8-23-64-55(83)47(60)16-6-7-22-62-49(41-74)73-33-31-71(39-52(79)80)29-27-70(38-51(77)78)28-30-72(32-34-73)40-53(81)82/h3-5,10,12-15,18-21,36,41,47-49,54,62,75H,2,6-9,11,16-17,22-35,37-40,60H2,1H3,(H,63,76)(H,64,83)(H,67,84)(H,68,85)(H,77,78)(H,79,80)(H,81,82)(H4,61,65,66,69,86)/t47-,48-,49?,54+/m1/s1. The van der Waals surface area contributed by atoms with E-state index in [1.807, 2.05) is 35.2 Å². The summed E-state index contributed by atoms with van der Waals surface area (Å²) < 4.78 is 6.12. The third-order valence-electron chi connectivity index (χ3n) is 14.1. The molecule has 1 heterocycles. The number of urea groups is 1. The van der Waals surface area contributed by atoms with Gasteiger partial charge in [-0.15, -0.1) is 0 Å². The Hall–Kier alpha value is -8.28. The second kappa shape index (κ2) is 40.2. The van der Waals surface area contributed by atoms with Crippen LogP contribution >= 0.6 is 0 Å². The minimum atomic E-state index is -1.05. The number of nitrogens with two attached hydrogens (primary N) is 2. The van der Waals surface area contributed by atoms with E-state index >= 15 is 0 Å². The number of aldehydes is 1. The molecule has 4 atom stereocenters. The summed E-state index contributed by atoms with van der Waals surface area (Å²) in [5.74, 6) is -4.98. The first kappa shape index (κ1) is 71.2. The molecule has 4 rings (SSSR count). The largest absolute Gasteiger partial charge is 0.508 e. The molecule has 1 saturated heterocycles. The number of carboxylic acid groups (broad SMARTS) is 3. The van der Waals surface area contributed by atoms with Gasteiger partial charge in [-0.25, -0.2) is 4.79 Å². The van der Waals surface area contributed by atoms with E-state index in [9.17, 15) is 63.6 Å². The van der Waals surface area contributed by atoms with Gasteiger partial charge in [-0.05, 0) is 86.0 Å². The molecular formula is C59H88N14O14. The van der Waals surface area contributed by atoms with Gasteiger partial charge < -0.3 is 68.0 Å². The normalized spacial score (nSPS) is 15.4. The minimum Gasteiger partial charge on any atom is -0.508 e. The summed E-state index contributed by atoms with van der Waals surface area (Å²) in [6.07, 6.45) is 3.39. The van der Waals surface area contributed by atoms with Crippen molar-refractivity contribution in [3.8, 4) is 11.5 Å². The van der Waals surface area contributed by atoms with E-state index in [0.717, 1.165) is 11.8 Å². The zero-order valence-corrected chi connectivity index (χ0v) is 49.5. The molecule has 1 unspecified atom stereocenters. The van der Waals surface area contributed by atoms with Crippen LogP contribution in [0.4, 0.5) is 4.79 Å². The maximum Gasteiger partial charge on any atom is 0.321 e. The zero-order valence-electron chi connectivity index (χ0n) is 49.5. The van der Waals surface area contributed by atoms with Crippen molar-refractivity contribution in [2.24, 2.45) is 16.5 Å². The highest BCUT2D eigenvalue weighted by atomic mass is 16.5. The fourth-order valence-electron chi connectivity index (χ4n) is 9.34. The van der Waals surface area contributed by atoms with Crippen molar-refractivity contribution in [3.05, 3.63) is 95.6 Å². The van der Waals surface area contributed by atoms with Crippen molar-refractivity contribution in [2.75, 3.05) is 111 Å². The SMILES string of the molecule is CCC(=O)NCCNC(=O)NC(N)=NCCC[C@@H](NC(=O)[C@@H](c1ccccc1)c1cccc(OCCCCNC(=O)[C@H](N)CCCCNC(C=O)N2CCN(CC(=O)O)CCN(CC(=O)O)CCN(CC(=O)O)CC2)c1)C(=O)NCc1ccc(O)cc1. The molecule has 3 aromatic carbocycles. The molecule has 0 saturated carbocycles. The molecule has 87 heavy (non-hydrogen) atoms. The van der Waals surface area contributed by atoms with Crippen LogP contribution in [0.1, 0.15) is 80.9 Å². The predicted octanol–water partition coefficient (Wildman–Crippen LogP) is -0.392. The number of amides is 6. The van der Waals surface area contributed by atoms with Crippen molar-refractivity contribution in [1.82, 2.24) is 56.8 Å². The summed E-state index contributed by atoms with van der Waals surface area (Å²) in [6.45, 7) is 4.60. The van der Waals surface area contributed by atoms with Crippen LogP contribution in [-0.2, 0) is 44.9 Å². The molecule has 3 aromatic rings. The van der Waals surface area contributed by atoms with Gasteiger partial charge >= 0.3 is 23.9 Å². The van der Waals surface area contributed by atoms with Gasteiger partial charge in [-0.2, -0.15) is 0 Å². The van der Waals surface area contributed by atoms with E-state index in [2.05, 4.69) is 42.2 Å². The summed E-state index contributed by atoms with van der Waals surface area (Å²) in [4.78, 5) is 123. The molecule has 0 bridgehead atoms. The van der Waals surface area contributed by atoms with E-state index in [0.29, 0.717) is 75.1 Å². The number of phenolic OH excluding ortho intramolecular Hbond substituents is 1. The number of carbonyl (C=O) groups is 9. The van der Waals surface area contributed by atoms with Gasteiger partial charge in [0, 0.05) is 91.5 Å². The van der Waals surface area contributed by atoms with E-state index in [1.54, 1.807) is 58.0 Å². The van der Waals surface area contributed by atoms with E-state index in [-0.39, 0.29) is 135 Å². The number of aromatic hydroxyl groups is 1. The van der Waals surface area contributed by atoms with Crippen LogP contribution < -0.4 is 53.4 Å². The lowest BCUT2D eigenvalue weighted by Gasteiger charge is -2.35. The molecule has 1 aliphatic rings. The first-order valence-electron chi connectivity index (χ1n) is 29.4. The van der Waals surface area contributed by atoms with Gasteiger partial charge in [0.25, 0.3) is 0 Å². The summed E-state index contributed by atoms with van der Waals surface area (Å²) >= 11 is 0. The molecule has 0 radical (unpaired) electrons. The molecule has 6 amide bonds. The van der Waals surface area contributed by atoms with E-state index < -0.39 is 59.9 Å². The highest BCUT2D eigenvalue weighted by Crippen LogP contribution is 2.28. The Morgan fingerprint density at radius 3 is 1.85 bits per heavy atom. The number of aliphatic carboxylic acids is 3. The van der Waals surface area contributed by atoms with Crippen molar-refractivity contribution >= 4 is 59.8 Å². The summed E-state index contributed by atoms with van der Waals surface area (Å²) in [7, 11) is 0. The summed E-state index contributed by atoms with van der Waals surface area (Å²) in [6, 6.07) is 20.1. The Bertz CT molecular complexity index is 2640. The van der Waals surface area contributed by atoms with Gasteiger partial charge in [0.1, 0.15) is 23.7 Å². The van der Waals surface area contributed by atoms with Crippen molar-refractivity contribution in [2.45, 2.75) is 89.0 Å². The molecule has 28 nitrogen and oxygen atoms in total. The van der Waals surface area contributed by atoms with Gasteiger partial charge in [-0.3, -0.25) is 68.8 Å². The topological polar surface area (TPSA) is 405 Å². The van der Waals surface area contributed by atoms with E-state index in [4.69, 9.17) is 16.2 Å². The van der Waals surface area contributed by atoms with Crippen LogP contribution in [0.15, 0.2) is 83.9 Å². The van der Waals surface area contributed by atoms with Gasteiger partial charge in [0.15, 0.2) is 12.2 Å². The number of hydrogen-bond donors (Lipinski definition) is 13. The number of carbonyl (C=O) groups excluding carboxylic acids is 6. The second-order valence-corrected chi connectivity index (χ2v) is 20.9. The third-order valence-corrected chi connectivity index (χ3v) is 14.1. The first-order chi connectivity index (χ1) is 41.8. The van der Waals surface area contributed by atoms with Crippen LogP contribution in [0.25, 0.3) is 0 Å². The average molecular weight is 1220 g/mol. The van der Waals surface area contributed by atoms with Gasteiger partial charge in [0.05, 0.1) is 38.2 Å². The molecule has 28 heteroatoms. The number of hydrogen-bond acceptors (Lipinski definition) is 18. The molecule has 478 valence electrons. The maximum absolute atomic E-state index is 14.5. The van der Waals surface area contributed by atoms with Crippen LogP contribution in [0, 0.1) is 0 Å². The predicted molar refractivity (Wildman–Crippen MR) is 323 cm³/mol. The third kappa shape index (κ3) is 29.1. The summed E-state index contributed by atoms with van der Waals surface area (Å²) in [5.41, 5.74) is 14.2. The Labute approximate surface area is 507 Å². The monoisotopic (exact) mass is 1220 g/mol. The Morgan fingerprint density at radius 1 is 0.644 bits per heavy atom. The lowest BCUT2D eigenvalue weighted by atomic mass is 9.90. The number of unbranched alkanes of at least 4 members (excludes halogenated alkanes) is 2. The summed E-state index contributed by atoms with van der Waals surface area (Å²) in [5, 5.41) is 57.9. The smallest absolute Gasteiger partial charge is 0.321 e. The van der Waals surface area contributed by atoms with Crippen LogP contribution in [0.2, 0.25) is 0 Å². The number of guanidine groups is 1. The minimum absolute atomic E-state index is 0.0717. The number of phenols is 1. The lowest BCUT2D eigenvalue weighted by Crippen LogP contribution is -2.54. The van der Waals surface area contributed by atoms with Crippen LogP contribution in [-0.4, -0.2) is 229 Å². The quantitative estimate of drug-likeness (QED) is 0.0153. The molecule has 15 N–H and O–H groups in total. The number of aliphatic imine (C=N–C) groups is 1. The number of ether oxygens (including phenoxy) is 1. The van der Waals surface area contributed by atoms with Crippen LogP contribution in [0.5, 0.6) is 11.5 Å². The average Bonchev–Trinajstić information content (AvgIpc) is 1.80. The molecule has 0 spiro atoms. The highest BCUT2D eigenvalue weighted by Gasteiger charge is 2.29. The van der Waals surface area contributed by atoms with Crippen molar-refractivity contribution in [1.29, 1.82) is 0 Å². The number of nitrogens with zero attached hydrogens (tertiary/aromatic N) is 5. The first-order valence-corrected chi connectivity index (χ1v) is 29.4. The second-order valence-electron chi connectivity index (χ2n) is 20.9. The number of carboxylic acids is 3. The number of benzene rings is 3. The van der Waals surface area contributed by atoms with Crippen molar-refractivity contribution in [3.63, 3.8) is 0 Å². The lowest BCUT2D eigenvalue weighted by molar-refractivity contribution is -0.140. The molecular weight excluding hydrogens is 1130 g/mol. The zero-order chi connectivity index (χ0) is 63.3. The highest BCUT2D eigenvalue weighted by molar-refractivity contribution is 5.95. The molecule has 1 aliphatic heterocycles.